The molecule has 0 heterocycles. The van der Waals surface area contributed by atoms with E-state index in [1.165, 1.54) is 33.4 Å². The third-order valence-electron chi connectivity index (χ3n) is 12.5. The summed E-state index contributed by atoms with van der Waals surface area (Å²) in [5, 5.41) is 1.34. The Labute approximate surface area is 398 Å². The van der Waals surface area contributed by atoms with Crippen LogP contribution in [0.25, 0.3) is 10.8 Å². The summed E-state index contributed by atoms with van der Waals surface area (Å²) in [7, 11) is -3.66. The summed E-state index contributed by atoms with van der Waals surface area (Å²) in [6, 6.07) is 17.1. The van der Waals surface area contributed by atoms with Crippen molar-refractivity contribution >= 4 is 20.6 Å². The van der Waals surface area contributed by atoms with Crippen molar-refractivity contribution in [2.45, 2.75) is 178 Å². The van der Waals surface area contributed by atoms with Crippen LogP contribution in [0.2, 0.25) is 0 Å². The smallest absolute Gasteiger partial charge is 0.185 e. The molecule has 0 radical (unpaired) electrons. The lowest BCUT2D eigenvalue weighted by molar-refractivity contribution is 0.332. The van der Waals surface area contributed by atoms with Crippen LogP contribution in [0.3, 0.4) is 0 Å². The third-order valence-corrected chi connectivity index (χ3v) is 14.8. The average Bonchev–Trinajstić information content (AvgIpc) is 3.28. The summed E-state index contributed by atoms with van der Waals surface area (Å²) in [5.74, 6) is 2.71. The standard InChI is InChI=1S/C58H82O4S.C2H6/c1-14-61-57-51(13)53(58(62-15-2)55-36-20-19-35-54(55)57)39-38-48(10)56(63(59,60)52-33-17-16-18-34-52)40-37-45(7)29-22-27-44(6)30-24-32-47(9)50(12)49(11)41-46(8)31-23-28-43(5)26-21-25-42(3)4;1-2/h16-20,25,27-28,32-38,41,49-50,56H,14-15,21-24,26,29-31,39-40H2,1-13H3;1-2H3/b43-28+,44-27+,45-37+,46-41+,47-32+,48-38+;. The van der Waals surface area contributed by atoms with Crippen molar-refractivity contribution in [1.82, 2.24) is 0 Å². The van der Waals surface area contributed by atoms with Crippen LogP contribution in [0.4, 0.5) is 0 Å². The van der Waals surface area contributed by atoms with Crippen molar-refractivity contribution in [3.63, 3.8) is 0 Å². The van der Waals surface area contributed by atoms with Crippen LogP contribution in [-0.4, -0.2) is 26.9 Å². The van der Waals surface area contributed by atoms with E-state index in [0.717, 1.165) is 90.3 Å². The van der Waals surface area contributed by atoms with Crippen LogP contribution in [-0.2, 0) is 16.3 Å². The Bertz CT molecular complexity index is 2240. The van der Waals surface area contributed by atoms with Crippen LogP contribution in [0.15, 0.2) is 141 Å². The number of hydrogen-bond donors (Lipinski definition) is 0. The van der Waals surface area contributed by atoms with Gasteiger partial charge in [-0.2, -0.15) is 0 Å². The molecule has 3 aromatic rings. The molecule has 0 spiro atoms. The van der Waals surface area contributed by atoms with Gasteiger partial charge in [0.25, 0.3) is 0 Å². The molecule has 3 rings (SSSR count). The van der Waals surface area contributed by atoms with Crippen molar-refractivity contribution < 1.29 is 17.9 Å². The largest absolute Gasteiger partial charge is 0.493 e. The van der Waals surface area contributed by atoms with Crippen LogP contribution in [0, 0.1) is 18.8 Å². The molecule has 0 saturated heterocycles. The summed E-state index contributed by atoms with van der Waals surface area (Å²) in [5.41, 5.74) is 11.3. The Morgan fingerprint density at radius 1 is 0.585 bits per heavy atom. The van der Waals surface area contributed by atoms with E-state index in [1.54, 1.807) is 24.3 Å². The molecule has 3 unspecified atom stereocenters. The first-order valence-corrected chi connectivity index (χ1v) is 26.3. The van der Waals surface area contributed by atoms with E-state index in [-0.39, 0.29) is 0 Å². The topological polar surface area (TPSA) is 52.6 Å². The second-order valence-electron chi connectivity index (χ2n) is 18.1. The highest BCUT2D eigenvalue weighted by molar-refractivity contribution is 7.92. The highest BCUT2D eigenvalue weighted by atomic mass is 32.2. The number of sulfone groups is 1. The minimum atomic E-state index is -3.66. The van der Waals surface area contributed by atoms with E-state index >= 15 is 0 Å². The molecule has 0 aliphatic rings. The molecular formula is C60H88O4S. The van der Waals surface area contributed by atoms with Gasteiger partial charge in [-0.1, -0.05) is 152 Å². The summed E-state index contributed by atoms with van der Waals surface area (Å²) >= 11 is 0. The van der Waals surface area contributed by atoms with E-state index < -0.39 is 15.1 Å². The highest BCUT2D eigenvalue weighted by Crippen LogP contribution is 2.41. The highest BCUT2D eigenvalue weighted by Gasteiger charge is 2.28. The number of hydrogen-bond acceptors (Lipinski definition) is 4. The molecule has 5 heteroatoms. The van der Waals surface area contributed by atoms with Gasteiger partial charge in [-0.15, -0.1) is 0 Å². The predicted octanol–water partition coefficient (Wildman–Crippen LogP) is 17.8. The normalized spacial score (nSPS) is 14.7. The Morgan fingerprint density at radius 3 is 1.62 bits per heavy atom. The van der Waals surface area contributed by atoms with E-state index in [4.69, 9.17) is 9.47 Å². The molecule has 0 bridgehead atoms. The predicted molar refractivity (Wildman–Crippen MR) is 285 cm³/mol. The van der Waals surface area contributed by atoms with E-state index in [0.29, 0.717) is 42.8 Å². The Balaban J connectivity index is 0.00000715. The van der Waals surface area contributed by atoms with Gasteiger partial charge in [0.05, 0.1) is 23.4 Å². The number of fused-ring (bicyclic) bond motifs is 1. The minimum Gasteiger partial charge on any atom is -0.493 e. The first-order valence-electron chi connectivity index (χ1n) is 24.7. The molecule has 0 saturated carbocycles. The van der Waals surface area contributed by atoms with Crippen molar-refractivity contribution in [2.24, 2.45) is 11.8 Å². The van der Waals surface area contributed by atoms with Gasteiger partial charge in [0.15, 0.2) is 9.84 Å². The Hall–Kier alpha value is -4.35. The van der Waals surface area contributed by atoms with Gasteiger partial charge in [-0.3, -0.25) is 0 Å². The number of ether oxygens (including phenoxy) is 2. The van der Waals surface area contributed by atoms with Gasteiger partial charge in [0.1, 0.15) is 11.5 Å². The molecule has 0 fully saturated rings. The zero-order chi connectivity index (χ0) is 48.5. The summed E-state index contributed by atoms with van der Waals surface area (Å²) < 4.78 is 41.1. The monoisotopic (exact) mass is 905 g/mol. The summed E-state index contributed by atoms with van der Waals surface area (Å²) in [6.45, 7) is 33.4. The molecule has 3 atom stereocenters. The molecule has 3 aromatic carbocycles. The fourth-order valence-electron chi connectivity index (χ4n) is 8.26. The zero-order valence-corrected chi connectivity index (χ0v) is 44.3. The number of benzene rings is 3. The van der Waals surface area contributed by atoms with Gasteiger partial charge in [-0.25, -0.2) is 8.42 Å². The minimum absolute atomic E-state index is 0.350. The summed E-state index contributed by atoms with van der Waals surface area (Å²) in [6.07, 6.45) is 25.7. The SMILES string of the molecule is CC.CCOc1c(C)c(C/C=C(\C)C(C/C=C(\C)CC/C=C(\C)CC/C=C(\C)C(C)C(C)/C=C(\C)CC/C=C(\C)CCC=C(C)C)S(=O)(=O)c2ccccc2)c(OCC)c2ccccc12. The van der Waals surface area contributed by atoms with Crippen LogP contribution >= 0.6 is 0 Å². The van der Waals surface area contributed by atoms with Gasteiger partial charge in [0.2, 0.25) is 0 Å². The molecule has 0 N–H and O–H groups in total. The van der Waals surface area contributed by atoms with E-state index in [9.17, 15) is 8.42 Å². The molecular weight excluding hydrogens is 817 g/mol. The second-order valence-corrected chi connectivity index (χ2v) is 20.2. The van der Waals surface area contributed by atoms with Crippen LogP contribution in [0.5, 0.6) is 11.5 Å². The third kappa shape index (κ3) is 18.8. The van der Waals surface area contributed by atoms with E-state index in [2.05, 4.69) is 124 Å². The first kappa shape index (κ1) is 56.8. The lowest BCUT2D eigenvalue weighted by atomic mass is 9.87. The second kappa shape index (κ2) is 30.0. The first-order chi connectivity index (χ1) is 31.0. The maximum atomic E-state index is 14.3. The quantitative estimate of drug-likeness (QED) is 0.0753. The van der Waals surface area contributed by atoms with Crippen molar-refractivity contribution in [3.8, 4) is 11.5 Å². The van der Waals surface area contributed by atoms with Crippen molar-refractivity contribution in [2.75, 3.05) is 13.2 Å². The van der Waals surface area contributed by atoms with Gasteiger partial charge >= 0.3 is 0 Å². The lowest BCUT2D eigenvalue weighted by Crippen LogP contribution is -2.22. The van der Waals surface area contributed by atoms with Crippen molar-refractivity contribution in [1.29, 1.82) is 0 Å². The Morgan fingerprint density at radius 2 is 1.06 bits per heavy atom. The van der Waals surface area contributed by atoms with Crippen molar-refractivity contribution in [3.05, 3.63) is 147 Å². The van der Waals surface area contributed by atoms with Crippen LogP contribution < -0.4 is 9.47 Å². The molecule has 0 aliphatic carbocycles. The molecule has 0 amide bonds. The summed E-state index contributed by atoms with van der Waals surface area (Å²) in [4.78, 5) is 0.350. The van der Waals surface area contributed by atoms with Gasteiger partial charge in [-0.05, 0) is 170 Å². The lowest BCUT2D eigenvalue weighted by Gasteiger charge is -2.21. The molecule has 65 heavy (non-hydrogen) atoms. The number of rotatable bonds is 26. The molecule has 358 valence electrons. The Kier molecular flexibility index (Phi) is 26.2. The fraction of sp³-hybridized carbons (Fsp3) is 0.500. The maximum Gasteiger partial charge on any atom is 0.185 e. The number of allylic oxidation sites excluding steroid dienone is 13. The molecule has 0 aromatic heterocycles. The fourth-order valence-corrected chi connectivity index (χ4v) is 10.1. The van der Waals surface area contributed by atoms with E-state index in [1.807, 2.05) is 52.8 Å². The van der Waals surface area contributed by atoms with Crippen LogP contribution in [0.1, 0.15) is 166 Å². The van der Waals surface area contributed by atoms with Gasteiger partial charge < -0.3 is 9.47 Å². The average molecular weight is 905 g/mol. The molecule has 4 nitrogen and oxygen atoms in total. The zero-order valence-electron chi connectivity index (χ0n) is 43.5. The maximum absolute atomic E-state index is 14.3. The van der Waals surface area contributed by atoms with Gasteiger partial charge in [0, 0.05) is 16.3 Å². The molecule has 0 aliphatic heterocycles.